The summed E-state index contributed by atoms with van der Waals surface area (Å²) in [4.78, 5) is 24.8. The largest absolute Gasteiger partial charge is 0.346 e. The SMILES string of the molecule is O=c1[nH]c(=O)n(C(Cl)Cc2ccccc2)nc1Br. The number of H-pyrrole nitrogens is 1. The molecule has 94 valence electrons. The second kappa shape index (κ2) is 5.49. The average Bonchev–Trinajstić information content (AvgIpc) is 2.35. The minimum absolute atomic E-state index is 0.0285. The van der Waals surface area contributed by atoms with Crippen molar-refractivity contribution < 1.29 is 0 Å². The average molecular weight is 331 g/mol. The molecule has 1 heterocycles. The smallest absolute Gasteiger partial charge is 0.270 e. The number of nitrogens with zero attached hydrogens (tertiary/aromatic N) is 2. The van der Waals surface area contributed by atoms with E-state index in [1.54, 1.807) is 0 Å². The van der Waals surface area contributed by atoms with Gasteiger partial charge in [0.2, 0.25) is 0 Å². The molecule has 7 heteroatoms. The lowest BCUT2D eigenvalue weighted by atomic mass is 10.1. The van der Waals surface area contributed by atoms with Crippen molar-refractivity contribution in [2.75, 3.05) is 0 Å². The van der Waals surface area contributed by atoms with Gasteiger partial charge in [0.1, 0.15) is 5.50 Å². The lowest BCUT2D eigenvalue weighted by molar-refractivity contribution is 0.526. The molecule has 0 amide bonds. The van der Waals surface area contributed by atoms with Crippen molar-refractivity contribution >= 4 is 27.5 Å². The summed E-state index contributed by atoms with van der Waals surface area (Å²) in [6, 6.07) is 9.48. The molecule has 5 nitrogen and oxygen atoms in total. The van der Waals surface area contributed by atoms with Crippen LogP contribution in [0.5, 0.6) is 0 Å². The Hall–Kier alpha value is -1.40. The Morgan fingerprint density at radius 3 is 2.67 bits per heavy atom. The standard InChI is InChI=1S/C11H9BrClN3O2/c12-9-10(17)14-11(18)16(15-9)8(13)6-7-4-2-1-3-5-7/h1-5,8H,6H2,(H,14,17,18). The van der Waals surface area contributed by atoms with Gasteiger partial charge in [-0.2, -0.15) is 9.78 Å². The molecular formula is C11H9BrClN3O2. The van der Waals surface area contributed by atoms with Crippen molar-refractivity contribution in [1.29, 1.82) is 0 Å². The van der Waals surface area contributed by atoms with Gasteiger partial charge in [-0.05, 0) is 21.5 Å². The predicted molar refractivity (Wildman–Crippen MR) is 71.9 cm³/mol. The van der Waals surface area contributed by atoms with Crippen LogP contribution in [0.3, 0.4) is 0 Å². The lowest BCUT2D eigenvalue weighted by Crippen LogP contribution is -2.34. The highest BCUT2D eigenvalue weighted by molar-refractivity contribution is 9.10. The molecule has 0 saturated carbocycles. The fraction of sp³-hybridized carbons (Fsp3) is 0.182. The van der Waals surface area contributed by atoms with Crippen molar-refractivity contribution in [2.24, 2.45) is 0 Å². The van der Waals surface area contributed by atoms with Gasteiger partial charge >= 0.3 is 5.69 Å². The van der Waals surface area contributed by atoms with Crippen molar-refractivity contribution in [1.82, 2.24) is 14.8 Å². The van der Waals surface area contributed by atoms with Gasteiger partial charge in [-0.25, -0.2) is 4.79 Å². The molecule has 0 aliphatic rings. The molecule has 1 N–H and O–H groups in total. The number of aromatic nitrogens is 3. The van der Waals surface area contributed by atoms with E-state index in [1.807, 2.05) is 30.3 Å². The van der Waals surface area contributed by atoms with Gasteiger partial charge in [0.15, 0.2) is 4.60 Å². The van der Waals surface area contributed by atoms with Gasteiger partial charge in [0, 0.05) is 6.42 Å². The number of alkyl halides is 1. The molecule has 0 aliphatic heterocycles. The number of rotatable bonds is 3. The van der Waals surface area contributed by atoms with Gasteiger partial charge < -0.3 is 0 Å². The number of aromatic amines is 1. The summed E-state index contributed by atoms with van der Waals surface area (Å²) in [7, 11) is 0. The predicted octanol–water partition coefficient (Wildman–Crippen LogP) is 1.67. The number of nitrogens with one attached hydrogen (secondary N) is 1. The fourth-order valence-electron chi connectivity index (χ4n) is 1.48. The zero-order valence-electron chi connectivity index (χ0n) is 9.14. The third kappa shape index (κ3) is 2.88. The van der Waals surface area contributed by atoms with E-state index in [1.165, 1.54) is 0 Å². The van der Waals surface area contributed by atoms with Crippen LogP contribution in [0.1, 0.15) is 11.1 Å². The Balaban J connectivity index is 2.30. The molecule has 0 saturated heterocycles. The zero-order chi connectivity index (χ0) is 13.1. The summed E-state index contributed by atoms with van der Waals surface area (Å²) in [5, 5.41) is 3.81. The topological polar surface area (TPSA) is 67.8 Å². The van der Waals surface area contributed by atoms with Gasteiger partial charge in [0.05, 0.1) is 0 Å². The summed E-state index contributed by atoms with van der Waals surface area (Å²) in [5.41, 5.74) is -0.875. The molecule has 2 aromatic rings. The monoisotopic (exact) mass is 329 g/mol. The van der Waals surface area contributed by atoms with E-state index in [4.69, 9.17) is 11.6 Å². The normalized spacial score (nSPS) is 12.3. The van der Waals surface area contributed by atoms with Crippen LogP contribution >= 0.6 is 27.5 Å². The molecular weight excluding hydrogens is 321 g/mol. The Morgan fingerprint density at radius 2 is 2.00 bits per heavy atom. The molecule has 0 aliphatic carbocycles. The molecule has 0 spiro atoms. The first-order valence-corrected chi connectivity index (χ1v) is 6.37. The first-order chi connectivity index (χ1) is 8.58. The number of halogens is 2. The maximum atomic E-state index is 11.6. The van der Waals surface area contributed by atoms with Gasteiger partial charge in [-0.3, -0.25) is 9.78 Å². The van der Waals surface area contributed by atoms with Crippen molar-refractivity contribution in [3.05, 3.63) is 61.3 Å². The van der Waals surface area contributed by atoms with E-state index in [2.05, 4.69) is 26.0 Å². The van der Waals surface area contributed by atoms with Crippen molar-refractivity contribution in [3.63, 3.8) is 0 Å². The van der Waals surface area contributed by atoms with E-state index < -0.39 is 16.8 Å². The summed E-state index contributed by atoms with van der Waals surface area (Å²) < 4.78 is 1.07. The second-order valence-electron chi connectivity index (χ2n) is 3.62. The van der Waals surface area contributed by atoms with Crippen molar-refractivity contribution in [2.45, 2.75) is 11.9 Å². The molecule has 1 aromatic carbocycles. The molecule has 0 radical (unpaired) electrons. The second-order valence-corrected chi connectivity index (χ2v) is 4.87. The van der Waals surface area contributed by atoms with Crippen LogP contribution in [0.25, 0.3) is 0 Å². The number of hydrogen-bond donors (Lipinski definition) is 1. The van der Waals surface area contributed by atoms with Crippen LogP contribution in [-0.2, 0) is 6.42 Å². The first kappa shape index (κ1) is 13.0. The minimum Gasteiger partial charge on any atom is -0.270 e. The highest BCUT2D eigenvalue weighted by atomic mass is 79.9. The van der Waals surface area contributed by atoms with Crippen LogP contribution < -0.4 is 11.2 Å². The maximum Gasteiger partial charge on any atom is 0.346 e. The lowest BCUT2D eigenvalue weighted by Gasteiger charge is -2.11. The zero-order valence-corrected chi connectivity index (χ0v) is 11.5. The fourth-order valence-corrected chi connectivity index (χ4v) is 2.06. The number of benzene rings is 1. The van der Waals surface area contributed by atoms with E-state index in [0.29, 0.717) is 6.42 Å². The summed E-state index contributed by atoms with van der Waals surface area (Å²) in [6.07, 6.45) is 0.438. The van der Waals surface area contributed by atoms with Crippen LogP contribution in [-0.4, -0.2) is 14.8 Å². The Morgan fingerprint density at radius 1 is 1.33 bits per heavy atom. The van der Waals surface area contributed by atoms with Crippen LogP contribution in [0.15, 0.2) is 44.5 Å². The third-order valence-electron chi connectivity index (χ3n) is 2.32. The van der Waals surface area contributed by atoms with Crippen LogP contribution in [0, 0.1) is 0 Å². The summed E-state index contributed by atoms with van der Waals surface area (Å²) in [6.45, 7) is 0. The molecule has 0 bridgehead atoms. The summed E-state index contributed by atoms with van der Waals surface area (Å²) >= 11 is 9.09. The molecule has 0 fully saturated rings. The van der Waals surface area contributed by atoms with Gasteiger partial charge in [-0.1, -0.05) is 41.9 Å². The van der Waals surface area contributed by atoms with E-state index in [0.717, 1.165) is 10.2 Å². The minimum atomic E-state index is -0.659. The van der Waals surface area contributed by atoms with E-state index in [9.17, 15) is 9.59 Å². The quantitative estimate of drug-likeness (QED) is 0.871. The van der Waals surface area contributed by atoms with E-state index >= 15 is 0 Å². The Labute approximate surface area is 116 Å². The molecule has 2 rings (SSSR count). The highest BCUT2D eigenvalue weighted by Gasteiger charge is 2.13. The van der Waals surface area contributed by atoms with Gasteiger partial charge in [-0.15, -0.1) is 0 Å². The molecule has 1 unspecified atom stereocenters. The first-order valence-electron chi connectivity index (χ1n) is 5.14. The highest BCUT2D eigenvalue weighted by Crippen LogP contribution is 2.15. The van der Waals surface area contributed by atoms with Crippen molar-refractivity contribution in [3.8, 4) is 0 Å². The molecule has 1 atom stereocenters. The van der Waals surface area contributed by atoms with Gasteiger partial charge in [0.25, 0.3) is 5.56 Å². The molecule has 18 heavy (non-hydrogen) atoms. The summed E-state index contributed by atoms with van der Waals surface area (Å²) in [5.74, 6) is 0. The molecule has 1 aromatic heterocycles. The van der Waals surface area contributed by atoms with Crippen LogP contribution in [0.2, 0.25) is 0 Å². The third-order valence-corrected chi connectivity index (χ3v) is 3.18. The Bertz CT molecular complexity index is 653. The number of hydrogen-bond acceptors (Lipinski definition) is 3. The Kier molecular flexibility index (Phi) is 3.98. The maximum absolute atomic E-state index is 11.6. The van der Waals surface area contributed by atoms with E-state index in [-0.39, 0.29) is 4.60 Å². The van der Waals surface area contributed by atoms with Crippen LogP contribution in [0.4, 0.5) is 0 Å².